The molecule has 0 saturated heterocycles. The fourth-order valence-electron chi connectivity index (χ4n) is 2.32. The van der Waals surface area contributed by atoms with Crippen molar-refractivity contribution in [2.75, 3.05) is 14.2 Å². The molecule has 0 bridgehead atoms. The van der Waals surface area contributed by atoms with Gasteiger partial charge in [-0.05, 0) is 37.0 Å². The van der Waals surface area contributed by atoms with Gasteiger partial charge in [-0.2, -0.15) is 0 Å². The monoisotopic (exact) mass is 266 g/mol. The molecule has 108 valence electrons. The lowest BCUT2D eigenvalue weighted by atomic mass is 9.82. The highest BCUT2D eigenvalue weighted by atomic mass is 16.5. The molecular formula is C16H26O3. The van der Waals surface area contributed by atoms with Gasteiger partial charge in [0.2, 0.25) is 0 Å². The van der Waals surface area contributed by atoms with E-state index in [1.807, 2.05) is 25.1 Å². The Labute approximate surface area is 116 Å². The SMILES string of the molecule is CCCC(C)C(C)(O)Cc1ccc(OC)c(OC)c1. The van der Waals surface area contributed by atoms with E-state index < -0.39 is 5.60 Å². The van der Waals surface area contributed by atoms with Crippen LogP contribution in [0.25, 0.3) is 0 Å². The first-order valence-corrected chi connectivity index (χ1v) is 6.87. The Morgan fingerprint density at radius 1 is 1.21 bits per heavy atom. The van der Waals surface area contributed by atoms with E-state index in [2.05, 4.69) is 13.8 Å². The Hall–Kier alpha value is -1.22. The molecule has 0 amide bonds. The maximum absolute atomic E-state index is 10.6. The third kappa shape index (κ3) is 4.13. The minimum Gasteiger partial charge on any atom is -0.493 e. The van der Waals surface area contributed by atoms with Crippen molar-refractivity contribution in [3.05, 3.63) is 23.8 Å². The quantitative estimate of drug-likeness (QED) is 0.821. The van der Waals surface area contributed by atoms with E-state index in [4.69, 9.17) is 9.47 Å². The lowest BCUT2D eigenvalue weighted by Gasteiger charge is -2.30. The molecule has 1 rings (SSSR count). The van der Waals surface area contributed by atoms with Gasteiger partial charge in [0.05, 0.1) is 19.8 Å². The average Bonchev–Trinajstić information content (AvgIpc) is 2.38. The zero-order valence-corrected chi connectivity index (χ0v) is 12.7. The van der Waals surface area contributed by atoms with Gasteiger partial charge >= 0.3 is 0 Å². The van der Waals surface area contributed by atoms with Crippen LogP contribution in [0.2, 0.25) is 0 Å². The van der Waals surface area contributed by atoms with Crippen molar-refractivity contribution < 1.29 is 14.6 Å². The average molecular weight is 266 g/mol. The number of rotatable bonds is 7. The van der Waals surface area contributed by atoms with E-state index in [9.17, 15) is 5.11 Å². The van der Waals surface area contributed by atoms with Gasteiger partial charge < -0.3 is 14.6 Å². The summed E-state index contributed by atoms with van der Waals surface area (Å²) in [4.78, 5) is 0. The number of aliphatic hydroxyl groups is 1. The van der Waals surface area contributed by atoms with Crippen molar-refractivity contribution in [2.24, 2.45) is 5.92 Å². The highest BCUT2D eigenvalue weighted by Crippen LogP contribution is 2.31. The standard InChI is InChI=1S/C16H26O3/c1-6-7-12(2)16(3,17)11-13-8-9-14(18-4)15(10-13)19-5/h8-10,12,17H,6-7,11H2,1-5H3. The number of hydrogen-bond donors (Lipinski definition) is 1. The molecule has 0 aliphatic rings. The molecular weight excluding hydrogens is 240 g/mol. The maximum Gasteiger partial charge on any atom is 0.160 e. The summed E-state index contributed by atoms with van der Waals surface area (Å²) in [7, 11) is 3.25. The molecule has 0 radical (unpaired) electrons. The predicted molar refractivity (Wildman–Crippen MR) is 77.9 cm³/mol. The fourth-order valence-corrected chi connectivity index (χ4v) is 2.32. The normalized spacial score (nSPS) is 15.7. The second-order valence-electron chi connectivity index (χ2n) is 5.41. The van der Waals surface area contributed by atoms with E-state index in [0.717, 1.165) is 18.4 Å². The Bertz CT molecular complexity index is 399. The molecule has 2 atom stereocenters. The number of methoxy groups -OCH3 is 2. The highest BCUT2D eigenvalue weighted by Gasteiger charge is 2.28. The maximum atomic E-state index is 10.6. The molecule has 3 nitrogen and oxygen atoms in total. The van der Waals surface area contributed by atoms with Crippen LogP contribution in [0.5, 0.6) is 11.5 Å². The van der Waals surface area contributed by atoms with Gasteiger partial charge in [0.15, 0.2) is 11.5 Å². The summed E-state index contributed by atoms with van der Waals surface area (Å²) in [5, 5.41) is 10.6. The topological polar surface area (TPSA) is 38.7 Å². The van der Waals surface area contributed by atoms with Crippen LogP contribution in [0, 0.1) is 5.92 Å². The smallest absolute Gasteiger partial charge is 0.160 e. The molecule has 0 aromatic heterocycles. The van der Waals surface area contributed by atoms with Gasteiger partial charge in [-0.15, -0.1) is 0 Å². The summed E-state index contributed by atoms with van der Waals surface area (Å²) >= 11 is 0. The first-order chi connectivity index (χ1) is 8.94. The van der Waals surface area contributed by atoms with Gasteiger partial charge in [-0.3, -0.25) is 0 Å². The lowest BCUT2D eigenvalue weighted by molar-refractivity contribution is 0.00296. The van der Waals surface area contributed by atoms with Crippen LogP contribution in [0.15, 0.2) is 18.2 Å². The summed E-state index contributed by atoms with van der Waals surface area (Å²) in [5.74, 6) is 1.69. The lowest BCUT2D eigenvalue weighted by Crippen LogP contribution is -2.35. The van der Waals surface area contributed by atoms with E-state index in [1.165, 1.54) is 0 Å². The summed E-state index contributed by atoms with van der Waals surface area (Å²) < 4.78 is 10.5. The van der Waals surface area contributed by atoms with E-state index in [0.29, 0.717) is 17.9 Å². The second-order valence-corrected chi connectivity index (χ2v) is 5.41. The minimum absolute atomic E-state index is 0.269. The van der Waals surface area contributed by atoms with E-state index in [-0.39, 0.29) is 5.92 Å². The van der Waals surface area contributed by atoms with E-state index in [1.54, 1.807) is 14.2 Å². The molecule has 0 saturated carbocycles. The Morgan fingerprint density at radius 2 is 1.84 bits per heavy atom. The summed E-state index contributed by atoms with van der Waals surface area (Å²) in [6.45, 7) is 6.15. The van der Waals surface area contributed by atoms with Crippen molar-refractivity contribution in [3.8, 4) is 11.5 Å². The van der Waals surface area contributed by atoms with Crippen molar-refractivity contribution in [2.45, 2.75) is 45.6 Å². The molecule has 2 unspecified atom stereocenters. The van der Waals surface area contributed by atoms with Crippen molar-refractivity contribution in [1.82, 2.24) is 0 Å². The van der Waals surface area contributed by atoms with E-state index >= 15 is 0 Å². The van der Waals surface area contributed by atoms with Gasteiger partial charge in [-0.1, -0.05) is 26.3 Å². The highest BCUT2D eigenvalue weighted by molar-refractivity contribution is 5.43. The molecule has 0 spiro atoms. The van der Waals surface area contributed by atoms with Crippen molar-refractivity contribution >= 4 is 0 Å². The van der Waals surface area contributed by atoms with Crippen LogP contribution in [0.4, 0.5) is 0 Å². The van der Waals surface area contributed by atoms with Crippen LogP contribution < -0.4 is 9.47 Å². The van der Waals surface area contributed by atoms with Crippen LogP contribution in [-0.2, 0) is 6.42 Å². The predicted octanol–water partition coefficient (Wildman–Crippen LogP) is 3.43. The molecule has 0 heterocycles. The molecule has 1 aromatic rings. The molecule has 0 aliphatic heterocycles. The second kappa shape index (κ2) is 6.80. The number of ether oxygens (including phenoxy) is 2. The summed E-state index contributed by atoms with van der Waals surface area (Å²) in [5.41, 5.74) is 0.362. The van der Waals surface area contributed by atoms with Gasteiger partial charge in [0.25, 0.3) is 0 Å². The minimum atomic E-state index is -0.699. The fraction of sp³-hybridized carbons (Fsp3) is 0.625. The summed E-state index contributed by atoms with van der Waals surface area (Å²) in [6.07, 6.45) is 2.73. The Morgan fingerprint density at radius 3 is 2.37 bits per heavy atom. The number of benzene rings is 1. The Kier molecular flexibility index (Phi) is 5.67. The van der Waals surface area contributed by atoms with Crippen molar-refractivity contribution in [1.29, 1.82) is 0 Å². The van der Waals surface area contributed by atoms with Gasteiger partial charge in [0.1, 0.15) is 0 Å². The zero-order valence-electron chi connectivity index (χ0n) is 12.7. The molecule has 19 heavy (non-hydrogen) atoms. The third-order valence-electron chi connectivity index (χ3n) is 3.79. The molecule has 1 aromatic carbocycles. The number of hydrogen-bond acceptors (Lipinski definition) is 3. The largest absolute Gasteiger partial charge is 0.493 e. The Balaban J connectivity index is 2.87. The molecule has 3 heteroatoms. The molecule has 1 N–H and O–H groups in total. The zero-order chi connectivity index (χ0) is 14.5. The molecule has 0 aliphatic carbocycles. The van der Waals surface area contributed by atoms with Crippen molar-refractivity contribution in [3.63, 3.8) is 0 Å². The third-order valence-corrected chi connectivity index (χ3v) is 3.79. The molecule has 0 fully saturated rings. The first kappa shape index (κ1) is 15.8. The summed E-state index contributed by atoms with van der Waals surface area (Å²) in [6, 6.07) is 5.80. The van der Waals surface area contributed by atoms with Crippen LogP contribution in [0.3, 0.4) is 0 Å². The van der Waals surface area contributed by atoms with Gasteiger partial charge in [0, 0.05) is 6.42 Å². The van der Waals surface area contributed by atoms with Crippen LogP contribution >= 0.6 is 0 Å². The van der Waals surface area contributed by atoms with Gasteiger partial charge in [-0.25, -0.2) is 0 Å². The first-order valence-electron chi connectivity index (χ1n) is 6.87. The van der Waals surface area contributed by atoms with Crippen LogP contribution in [-0.4, -0.2) is 24.9 Å². The van der Waals surface area contributed by atoms with Crippen LogP contribution in [0.1, 0.15) is 39.2 Å².